The van der Waals surface area contributed by atoms with E-state index in [1.54, 1.807) is 7.11 Å². The minimum absolute atomic E-state index is 0.000755. The van der Waals surface area contributed by atoms with Gasteiger partial charge in [0.25, 0.3) is 0 Å². The van der Waals surface area contributed by atoms with Gasteiger partial charge < -0.3 is 34.9 Å². The second-order valence-corrected chi connectivity index (χ2v) is 31.0. The van der Waals surface area contributed by atoms with Crippen LogP contribution in [-0.2, 0) is 57.3 Å². The molecule has 0 bridgehead atoms. The van der Waals surface area contributed by atoms with Crippen LogP contribution in [0, 0.1) is 50.7 Å². The molecule has 0 saturated heterocycles. The number of hydrogen-bond donors (Lipinski definition) is 3. The lowest BCUT2D eigenvalue weighted by molar-refractivity contribution is -0.129. The molecule has 0 spiro atoms. The molecule has 0 aromatic heterocycles. The number of nitrogens with one attached hydrogen (secondary N) is 3. The molecule has 510 valence electrons. The fraction of sp³-hybridized carbons (Fsp3) is 0.887. The molecule has 0 aromatic carbocycles. The van der Waals surface area contributed by atoms with Crippen LogP contribution >= 0.6 is 0 Å². The van der Waals surface area contributed by atoms with Crippen molar-refractivity contribution in [3.05, 3.63) is 0 Å². The van der Waals surface area contributed by atoms with Gasteiger partial charge in [-0.05, 0) is 88.4 Å². The first-order valence-corrected chi connectivity index (χ1v) is 32.8. The average Bonchev–Trinajstić information content (AvgIpc) is 3.49. The van der Waals surface area contributed by atoms with Crippen molar-refractivity contribution in [2.75, 3.05) is 66.4 Å². The molecule has 0 rings (SSSR count). The van der Waals surface area contributed by atoms with E-state index in [-0.39, 0.29) is 88.0 Å². The fourth-order valence-corrected chi connectivity index (χ4v) is 7.04. The summed E-state index contributed by atoms with van der Waals surface area (Å²) < 4.78 is 21.2. The van der Waals surface area contributed by atoms with Crippen LogP contribution in [-0.4, -0.2) is 125 Å². The van der Waals surface area contributed by atoms with Crippen LogP contribution in [0.1, 0.15) is 283 Å². The van der Waals surface area contributed by atoms with Gasteiger partial charge in [-0.15, -0.1) is 0 Å². The van der Waals surface area contributed by atoms with E-state index < -0.39 is 6.04 Å². The Balaban J connectivity index is -0.000000338. The molecule has 0 aliphatic rings. The first kappa shape index (κ1) is 91.5. The largest absolute Gasteiger partial charge is 0.385 e. The summed E-state index contributed by atoms with van der Waals surface area (Å²) in [6, 6.07) is -0.674. The summed E-state index contributed by atoms with van der Waals surface area (Å²) in [6.07, 6.45) is 10.9. The summed E-state index contributed by atoms with van der Waals surface area (Å²) in [4.78, 5) is 94.0. The predicted octanol–water partition coefficient (Wildman–Crippen LogP) is 15.1. The topological polar surface area (TPSA) is 210 Å². The van der Waals surface area contributed by atoms with E-state index in [9.17, 15) is 38.4 Å². The highest BCUT2D eigenvalue weighted by atomic mass is 16.5. The Bertz CT molecular complexity index is 1810. The molecule has 1 unspecified atom stereocenters. The van der Waals surface area contributed by atoms with Gasteiger partial charge in [0.15, 0.2) is 5.78 Å². The Hall–Kier alpha value is -3.24. The number of rotatable bonds is 38. The van der Waals surface area contributed by atoms with E-state index in [1.807, 2.05) is 90.0 Å². The summed E-state index contributed by atoms with van der Waals surface area (Å²) in [5, 5.41) is 8.85. The standard InChI is InChI=1S/C23H42N2O6.C13H26O2.C12H25NO2.C12H24O.C11H22O/c1-17(2)8-11-22(28)24-13-16-31-15-12-23(29)25-19(9-10-20(26)18(3)4)21(27)7-6-14-30-5;1-12(2,3)8-10-15-9-7-11(14)13(4,5)6;1-10(2)11(14)6-8-15-9-7-13-12(3,4)5;1-11(2,3)9-7-8-10(13)12(4,5)6;1-9(2)7-6-8-10(12)11(3,4)5/h17-19H,6-16H2,1-5H3,(H,24,28)(H,25,29);7-10H2,1-6H3;10,13H,6-9H2,1-5H3;7-9H2,1-6H3;9H,6-8H2,1-5H3. The first-order chi connectivity index (χ1) is 39.1. The minimum Gasteiger partial charge on any atom is -0.385 e. The lowest BCUT2D eigenvalue weighted by atomic mass is 9.84. The molecular weight excluding hydrogens is 1090 g/mol. The van der Waals surface area contributed by atoms with Gasteiger partial charge in [0.05, 0.1) is 39.1 Å². The zero-order valence-corrected chi connectivity index (χ0v) is 61.0. The van der Waals surface area contributed by atoms with Crippen molar-refractivity contribution in [1.82, 2.24) is 16.0 Å². The summed E-state index contributed by atoms with van der Waals surface area (Å²) >= 11 is 0. The maximum atomic E-state index is 12.5. The molecule has 0 aromatic rings. The SMILES string of the molecule is CC(C)(C)CCCC(=O)C(C)(C)C.CC(C)(C)CCOCCC(=O)C(C)(C)C.CC(C)C(=O)CCOCCNC(C)(C)C.CC(C)CCCC(=O)C(C)(C)C.COCCCC(=O)C(CCC(=O)C(C)C)NC(=O)CCOCCNC(=O)CCC(C)C. The minimum atomic E-state index is -0.674. The summed E-state index contributed by atoms with van der Waals surface area (Å²) in [7, 11) is 1.57. The smallest absolute Gasteiger partial charge is 0.222 e. The van der Waals surface area contributed by atoms with E-state index >= 15 is 0 Å². The molecule has 86 heavy (non-hydrogen) atoms. The number of carbonyl (C=O) groups is 8. The van der Waals surface area contributed by atoms with Gasteiger partial charge in [-0.25, -0.2) is 0 Å². The molecule has 0 saturated carbocycles. The monoisotopic (exact) mass is 1230 g/mol. The van der Waals surface area contributed by atoms with E-state index in [0.717, 1.165) is 64.0 Å². The number of ether oxygens (including phenoxy) is 4. The van der Waals surface area contributed by atoms with Gasteiger partial charge in [0.1, 0.15) is 28.9 Å². The van der Waals surface area contributed by atoms with Crippen LogP contribution < -0.4 is 16.0 Å². The maximum absolute atomic E-state index is 12.5. The van der Waals surface area contributed by atoms with Crippen molar-refractivity contribution in [1.29, 1.82) is 0 Å². The third-order valence-electron chi connectivity index (χ3n) is 13.3. The Morgan fingerprint density at radius 2 is 0.802 bits per heavy atom. The van der Waals surface area contributed by atoms with Crippen LogP contribution in [0.3, 0.4) is 0 Å². The number of ketones is 6. The first-order valence-electron chi connectivity index (χ1n) is 32.8. The molecular formula is C71H139N3O12. The van der Waals surface area contributed by atoms with Gasteiger partial charge in [-0.3, -0.25) is 38.4 Å². The summed E-state index contributed by atoms with van der Waals surface area (Å²) in [5.74, 6) is 2.26. The Labute approximate surface area is 529 Å². The molecule has 0 heterocycles. The molecule has 3 N–H and O–H groups in total. The van der Waals surface area contributed by atoms with Crippen LogP contribution in [0.5, 0.6) is 0 Å². The number of hydrogen-bond acceptors (Lipinski definition) is 13. The predicted molar refractivity (Wildman–Crippen MR) is 358 cm³/mol. The Morgan fingerprint density at radius 3 is 1.24 bits per heavy atom. The molecule has 2 amide bonds. The summed E-state index contributed by atoms with van der Waals surface area (Å²) in [5.41, 5.74) is 0.283. The zero-order chi connectivity index (χ0) is 68.1. The van der Waals surface area contributed by atoms with E-state index in [4.69, 9.17) is 18.9 Å². The number of carbonyl (C=O) groups excluding carboxylic acids is 8. The quantitative estimate of drug-likeness (QED) is 0.0492. The fourth-order valence-electron chi connectivity index (χ4n) is 7.04. The molecule has 1 atom stereocenters. The zero-order valence-electron chi connectivity index (χ0n) is 61.0. The lowest BCUT2D eigenvalue weighted by Crippen LogP contribution is -2.41. The van der Waals surface area contributed by atoms with E-state index in [0.29, 0.717) is 106 Å². The summed E-state index contributed by atoms with van der Waals surface area (Å²) in [6.45, 7) is 58.1. The van der Waals surface area contributed by atoms with Gasteiger partial charge in [-0.2, -0.15) is 0 Å². The highest BCUT2D eigenvalue weighted by molar-refractivity contribution is 5.90. The number of methoxy groups -OCH3 is 1. The number of amides is 2. The molecule has 15 nitrogen and oxygen atoms in total. The maximum Gasteiger partial charge on any atom is 0.222 e. The molecule has 0 fully saturated rings. The van der Waals surface area contributed by atoms with E-state index in [2.05, 4.69) is 106 Å². The highest BCUT2D eigenvalue weighted by Gasteiger charge is 2.25. The normalized spacial score (nSPS) is 12.4. The highest BCUT2D eigenvalue weighted by Crippen LogP contribution is 2.25. The van der Waals surface area contributed by atoms with Gasteiger partial charge in [-0.1, -0.05) is 166 Å². The third kappa shape index (κ3) is 68.3. The Morgan fingerprint density at radius 1 is 0.372 bits per heavy atom. The lowest BCUT2D eigenvalue weighted by Gasteiger charge is -2.20. The molecule has 0 aliphatic carbocycles. The van der Waals surface area contributed by atoms with Gasteiger partial charge >= 0.3 is 0 Å². The average molecular weight is 1230 g/mol. The molecule has 15 heteroatoms. The third-order valence-corrected chi connectivity index (χ3v) is 13.3. The van der Waals surface area contributed by atoms with Crippen molar-refractivity contribution >= 4 is 46.5 Å². The molecule has 0 aliphatic heterocycles. The Kier molecular flexibility index (Phi) is 52.7. The van der Waals surface area contributed by atoms with Crippen LogP contribution in [0.25, 0.3) is 0 Å². The van der Waals surface area contributed by atoms with Crippen molar-refractivity contribution in [3.63, 3.8) is 0 Å². The van der Waals surface area contributed by atoms with E-state index in [1.165, 1.54) is 6.42 Å². The van der Waals surface area contributed by atoms with Crippen molar-refractivity contribution in [2.45, 2.75) is 294 Å². The van der Waals surface area contributed by atoms with Crippen LogP contribution in [0.15, 0.2) is 0 Å². The number of Topliss-reactive ketones (excluding diaryl/α,β-unsaturated/α-hetero) is 6. The van der Waals surface area contributed by atoms with Crippen molar-refractivity contribution in [3.8, 4) is 0 Å². The van der Waals surface area contributed by atoms with Crippen molar-refractivity contribution in [2.24, 2.45) is 50.7 Å². The van der Waals surface area contributed by atoms with Crippen LogP contribution in [0.4, 0.5) is 0 Å². The second kappa shape index (κ2) is 49.5. The van der Waals surface area contributed by atoms with Gasteiger partial charge in [0.2, 0.25) is 11.8 Å². The second-order valence-electron chi connectivity index (χ2n) is 31.0. The van der Waals surface area contributed by atoms with Crippen molar-refractivity contribution < 1.29 is 57.3 Å². The van der Waals surface area contributed by atoms with Gasteiger partial charge in [0, 0.05) is 118 Å². The molecule has 0 radical (unpaired) electrons. The van der Waals surface area contributed by atoms with Crippen LogP contribution in [0.2, 0.25) is 0 Å².